The maximum Gasteiger partial charge on any atom is 0.295 e. The van der Waals surface area contributed by atoms with E-state index in [9.17, 15) is 14.9 Å². The molecule has 0 aliphatic rings. The highest BCUT2D eigenvalue weighted by molar-refractivity contribution is 5.62. The third-order valence-electron chi connectivity index (χ3n) is 1.49. The number of benzene rings is 1. The molecule has 5 heteroatoms. The molecule has 0 atom stereocenters. The second-order valence-electron chi connectivity index (χ2n) is 2.45. The Morgan fingerprint density at radius 1 is 1.54 bits per heavy atom. The van der Waals surface area contributed by atoms with Crippen LogP contribution in [0.3, 0.4) is 0 Å². The van der Waals surface area contributed by atoms with E-state index in [0.717, 1.165) is 5.56 Å². The van der Waals surface area contributed by atoms with Crippen molar-refractivity contribution >= 4 is 17.5 Å². The maximum atomic E-state index is 10.4. The number of isocyanates is 1. The van der Waals surface area contributed by atoms with Gasteiger partial charge in [-0.1, -0.05) is 6.07 Å². The fraction of sp³-hybridized carbons (Fsp3) is 0.125. The summed E-state index contributed by atoms with van der Waals surface area (Å²) in [5, 5.41) is 10.4. The summed E-state index contributed by atoms with van der Waals surface area (Å²) in [4.78, 5) is 23.0. The summed E-state index contributed by atoms with van der Waals surface area (Å²) in [6.07, 6.45) is 1.28. The Kier molecular flexibility index (Phi) is 2.52. The molecule has 0 N–H and O–H groups in total. The van der Waals surface area contributed by atoms with Crippen molar-refractivity contribution in [2.75, 3.05) is 0 Å². The zero-order chi connectivity index (χ0) is 9.84. The Balaban J connectivity index is 3.34. The van der Waals surface area contributed by atoms with Crippen LogP contribution in [0.5, 0.6) is 0 Å². The van der Waals surface area contributed by atoms with Crippen LogP contribution in [0.4, 0.5) is 11.4 Å². The smallest absolute Gasteiger partial charge is 0.258 e. The lowest BCUT2D eigenvalue weighted by Gasteiger charge is -1.95. The van der Waals surface area contributed by atoms with Crippen LogP contribution in [-0.2, 0) is 4.79 Å². The molecule has 0 heterocycles. The van der Waals surface area contributed by atoms with Gasteiger partial charge in [-0.3, -0.25) is 10.1 Å². The summed E-state index contributed by atoms with van der Waals surface area (Å²) in [5.41, 5.74) is 0.661. The van der Waals surface area contributed by atoms with Crippen LogP contribution in [0.25, 0.3) is 0 Å². The highest BCUT2D eigenvalue weighted by atomic mass is 16.6. The largest absolute Gasteiger partial charge is 0.295 e. The van der Waals surface area contributed by atoms with Gasteiger partial charge in [-0.15, -0.1) is 0 Å². The average molecular weight is 178 g/mol. The van der Waals surface area contributed by atoms with Crippen LogP contribution in [0.15, 0.2) is 23.2 Å². The normalized spacial score (nSPS) is 9.00. The van der Waals surface area contributed by atoms with Crippen molar-refractivity contribution in [1.82, 2.24) is 0 Å². The zero-order valence-electron chi connectivity index (χ0n) is 6.85. The topological polar surface area (TPSA) is 72.6 Å². The molecule has 1 rings (SSSR count). The quantitative estimate of drug-likeness (QED) is 0.300. The second-order valence-corrected chi connectivity index (χ2v) is 2.45. The number of nitrogens with zero attached hydrogens (tertiary/aromatic N) is 2. The van der Waals surface area contributed by atoms with Gasteiger partial charge in [0, 0.05) is 6.07 Å². The minimum Gasteiger partial charge on any atom is -0.258 e. The molecule has 0 saturated carbocycles. The molecule has 66 valence electrons. The number of carbonyl (C=O) groups excluding carboxylic acids is 1. The van der Waals surface area contributed by atoms with E-state index in [0.29, 0.717) is 0 Å². The first-order chi connectivity index (χ1) is 6.15. The molecule has 1 aromatic rings. The Morgan fingerprint density at radius 3 is 2.77 bits per heavy atom. The standard InChI is InChI=1S/C8H6N2O3/c1-6-2-3-8(10(12)13)7(4-6)9-5-11/h2-4H,1H3. The van der Waals surface area contributed by atoms with Crippen LogP contribution >= 0.6 is 0 Å². The van der Waals surface area contributed by atoms with E-state index in [1.807, 2.05) is 0 Å². The number of aryl methyl sites for hydroxylation is 1. The molecule has 0 bridgehead atoms. The van der Waals surface area contributed by atoms with E-state index in [-0.39, 0.29) is 11.4 Å². The van der Waals surface area contributed by atoms with Gasteiger partial charge in [0.25, 0.3) is 5.69 Å². The van der Waals surface area contributed by atoms with Crippen LogP contribution in [-0.4, -0.2) is 11.0 Å². The van der Waals surface area contributed by atoms with E-state index >= 15 is 0 Å². The third kappa shape index (κ3) is 1.98. The van der Waals surface area contributed by atoms with E-state index in [2.05, 4.69) is 4.99 Å². The number of hydrogen-bond acceptors (Lipinski definition) is 4. The van der Waals surface area contributed by atoms with Gasteiger partial charge in [0.2, 0.25) is 6.08 Å². The summed E-state index contributed by atoms with van der Waals surface area (Å²) in [6, 6.07) is 4.36. The maximum absolute atomic E-state index is 10.4. The molecule has 0 radical (unpaired) electrons. The number of hydrogen-bond donors (Lipinski definition) is 0. The van der Waals surface area contributed by atoms with Crippen LogP contribution < -0.4 is 0 Å². The molecule has 0 fully saturated rings. The van der Waals surface area contributed by atoms with Crippen molar-refractivity contribution in [3.63, 3.8) is 0 Å². The van der Waals surface area contributed by atoms with Crippen molar-refractivity contribution in [1.29, 1.82) is 0 Å². The van der Waals surface area contributed by atoms with Gasteiger partial charge in [-0.25, -0.2) is 4.79 Å². The van der Waals surface area contributed by atoms with Gasteiger partial charge < -0.3 is 0 Å². The third-order valence-corrected chi connectivity index (χ3v) is 1.49. The predicted molar refractivity (Wildman–Crippen MR) is 45.6 cm³/mol. The molecule has 0 saturated heterocycles. The summed E-state index contributed by atoms with van der Waals surface area (Å²) in [7, 11) is 0. The van der Waals surface area contributed by atoms with E-state index in [4.69, 9.17) is 0 Å². The Labute approximate surface area is 73.9 Å². The molecule has 1 aromatic carbocycles. The van der Waals surface area contributed by atoms with E-state index in [1.165, 1.54) is 18.2 Å². The zero-order valence-corrected chi connectivity index (χ0v) is 6.85. The monoisotopic (exact) mass is 178 g/mol. The van der Waals surface area contributed by atoms with Crippen LogP contribution in [0.1, 0.15) is 5.56 Å². The Morgan fingerprint density at radius 2 is 2.23 bits per heavy atom. The Bertz CT molecular complexity index is 394. The molecule has 13 heavy (non-hydrogen) atoms. The van der Waals surface area contributed by atoms with Crippen molar-refractivity contribution in [2.24, 2.45) is 4.99 Å². The number of aliphatic imine (C=N–C) groups is 1. The highest BCUT2D eigenvalue weighted by Crippen LogP contribution is 2.27. The molecule has 0 aromatic heterocycles. The molecule has 0 aliphatic carbocycles. The molecule has 0 amide bonds. The first kappa shape index (κ1) is 9.09. The number of rotatable bonds is 2. The van der Waals surface area contributed by atoms with Gasteiger partial charge in [-0.05, 0) is 18.6 Å². The highest BCUT2D eigenvalue weighted by Gasteiger charge is 2.12. The molecular formula is C8H6N2O3. The van der Waals surface area contributed by atoms with E-state index in [1.54, 1.807) is 13.0 Å². The summed E-state index contributed by atoms with van der Waals surface area (Å²) in [5.74, 6) is 0. The fourth-order valence-corrected chi connectivity index (χ4v) is 0.927. The van der Waals surface area contributed by atoms with E-state index < -0.39 is 4.92 Å². The molecule has 0 aliphatic heterocycles. The van der Waals surface area contributed by atoms with Crippen LogP contribution in [0.2, 0.25) is 0 Å². The fourth-order valence-electron chi connectivity index (χ4n) is 0.927. The first-order valence-electron chi connectivity index (χ1n) is 3.48. The van der Waals surface area contributed by atoms with Crippen LogP contribution in [0, 0.1) is 17.0 Å². The number of nitro groups is 1. The summed E-state index contributed by atoms with van der Waals surface area (Å²) < 4.78 is 0. The lowest BCUT2D eigenvalue weighted by molar-refractivity contribution is -0.384. The van der Waals surface area contributed by atoms with Gasteiger partial charge in [0.1, 0.15) is 0 Å². The predicted octanol–water partition coefficient (Wildman–Crippen LogP) is 1.87. The lowest BCUT2D eigenvalue weighted by Crippen LogP contribution is -1.88. The van der Waals surface area contributed by atoms with Gasteiger partial charge in [-0.2, -0.15) is 4.99 Å². The minimum absolute atomic E-state index is 0.0417. The van der Waals surface area contributed by atoms with Gasteiger partial charge >= 0.3 is 0 Å². The second kappa shape index (κ2) is 3.60. The summed E-state index contributed by atoms with van der Waals surface area (Å²) in [6.45, 7) is 1.76. The van der Waals surface area contributed by atoms with Gasteiger partial charge in [0.15, 0.2) is 5.69 Å². The van der Waals surface area contributed by atoms with Crippen molar-refractivity contribution in [2.45, 2.75) is 6.92 Å². The van der Waals surface area contributed by atoms with Crippen molar-refractivity contribution < 1.29 is 9.72 Å². The minimum atomic E-state index is -0.588. The molecule has 5 nitrogen and oxygen atoms in total. The van der Waals surface area contributed by atoms with Gasteiger partial charge in [0.05, 0.1) is 4.92 Å². The average Bonchev–Trinajstić information content (AvgIpc) is 2.04. The summed E-state index contributed by atoms with van der Waals surface area (Å²) >= 11 is 0. The van der Waals surface area contributed by atoms with Crippen molar-refractivity contribution in [3.8, 4) is 0 Å². The lowest BCUT2D eigenvalue weighted by atomic mass is 10.2. The Hall–Kier alpha value is -2.00. The molecular weight excluding hydrogens is 172 g/mol. The molecule has 0 spiro atoms. The number of nitro benzene ring substituents is 1. The SMILES string of the molecule is Cc1ccc([N+](=O)[O-])c(N=C=O)c1. The first-order valence-corrected chi connectivity index (χ1v) is 3.48. The molecule has 0 unspecified atom stereocenters. The van der Waals surface area contributed by atoms with Crippen molar-refractivity contribution in [3.05, 3.63) is 33.9 Å².